The van der Waals surface area contributed by atoms with E-state index in [-0.39, 0.29) is 19.2 Å². The van der Waals surface area contributed by atoms with E-state index in [1.807, 2.05) is 0 Å². The molecule has 1 unspecified atom stereocenters. The number of carbonyl (C=O) groups excluding carboxylic acids is 1. The van der Waals surface area contributed by atoms with Crippen LogP contribution in [0.2, 0.25) is 0 Å². The highest BCUT2D eigenvalue weighted by molar-refractivity contribution is 5.69. The fraction of sp³-hybridized carbons (Fsp3) is 0.857. The molecule has 148 valence electrons. The molecule has 0 radical (unpaired) electrons. The second kappa shape index (κ2) is 19.5. The van der Waals surface area contributed by atoms with Gasteiger partial charge in [0, 0.05) is 6.42 Å². The minimum absolute atomic E-state index is 0.109. The minimum atomic E-state index is -0.958. The van der Waals surface area contributed by atoms with Crippen LogP contribution in [0.4, 0.5) is 0 Å². The first-order chi connectivity index (χ1) is 12.2. The van der Waals surface area contributed by atoms with Gasteiger partial charge in [-0.1, -0.05) is 70.4 Å². The van der Waals surface area contributed by atoms with E-state index in [0.717, 1.165) is 12.8 Å². The van der Waals surface area contributed by atoms with Crippen molar-refractivity contribution in [2.45, 2.75) is 103 Å². The third kappa shape index (κ3) is 19.3. The van der Waals surface area contributed by atoms with Crippen LogP contribution >= 0.6 is 0 Å². The van der Waals surface area contributed by atoms with E-state index in [1.54, 1.807) is 0 Å². The molecule has 0 aliphatic heterocycles. The largest absolute Gasteiger partial charge is 0.463 e. The number of carbonyl (C=O) groups is 1. The number of aliphatic hydroxyl groups excluding tert-OH is 2. The van der Waals surface area contributed by atoms with Gasteiger partial charge in [0.05, 0.1) is 6.61 Å². The Labute approximate surface area is 154 Å². The van der Waals surface area contributed by atoms with Gasteiger partial charge in [-0.2, -0.15) is 0 Å². The number of allylic oxidation sites excluding steroid dienone is 2. The van der Waals surface area contributed by atoms with Gasteiger partial charge in [0.2, 0.25) is 0 Å². The zero-order valence-corrected chi connectivity index (χ0v) is 16.3. The average Bonchev–Trinajstić information content (AvgIpc) is 2.62. The summed E-state index contributed by atoms with van der Waals surface area (Å²) in [5, 5.41) is 17.7. The van der Waals surface area contributed by atoms with Gasteiger partial charge in [-0.3, -0.25) is 4.79 Å². The van der Waals surface area contributed by atoms with Gasteiger partial charge in [0.15, 0.2) is 0 Å². The van der Waals surface area contributed by atoms with E-state index >= 15 is 0 Å². The number of unbranched alkanes of at least 4 members (excludes halogenated alkanes) is 11. The van der Waals surface area contributed by atoms with Gasteiger partial charge >= 0.3 is 5.97 Å². The topological polar surface area (TPSA) is 66.8 Å². The predicted octanol–water partition coefficient (Wildman–Crippen LogP) is 4.92. The van der Waals surface area contributed by atoms with Crippen LogP contribution in [0.3, 0.4) is 0 Å². The normalized spacial score (nSPS) is 12.6. The summed E-state index contributed by atoms with van der Waals surface area (Å²) in [7, 11) is 0. The zero-order chi connectivity index (χ0) is 18.6. The van der Waals surface area contributed by atoms with Gasteiger partial charge < -0.3 is 14.9 Å². The van der Waals surface area contributed by atoms with E-state index < -0.39 is 6.10 Å². The number of ether oxygens (including phenoxy) is 1. The number of hydrogen-bond donors (Lipinski definition) is 2. The van der Waals surface area contributed by atoms with Gasteiger partial charge in [0.25, 0.3) is 0 Å². The lowest BCUT2D eigenvalue weighted by molar-refractivity contribution is -0.147. The molecule has 25 heavy (non-hydrogen) atoms. The quantitative estimate of drug-likeness (QED) is 0.208. The zero-order valence-electron chi connectivity index (χ0n) is 16.3. The van der Waals surface area contributed by atoms with E-state index in [0.29, 0.717) is 6.42 Å². The molecular formula is C21H40O4. The summed E-state index contributed by atoms with van der Waals surface area (Å²) in [6, 6.07) is 0. The Bertz CT molecular complexity index is 315. The lowest BCUT2D eigenvalue weighted by Gasteiger charge is -2.08. The monoisotopic (exact) mass is 356 g/mol. The van der Waals surface area contributed by atoms with Gasteiger partial charge in [-0.05, 0) is 32.1 Å². The van der Waals surface area contributed by atoms with E-state index in [1.165, 1.54) is 70.6 Å². The summed E-state index contributed by atoms with van der Waals surface area (Å²) in [6.07, 6.45) is 20.1. The van der Waals surface area contributed by atoms with Crippen molar-refractivity contribution in [3.05, 3.63) is 12.2 Å². The first-order valence-electron chi connectivity index (χ1n) is 10.3. The third-order valence-electron chi connectivity index (χ3n) is 4.29. The minimum Gasteiger partial charge on any atom is -0.463 e. The average molecular weight is 357 g/mol. The molecule has 2 N–H and O–H groups in total. The maximum atomic E-state index is 11.4. The van der Waals surface area contributed by atoms with Crippen molar-refractivity contribution in [2.75, 3.05) is 13.2 Å². The molecular weight excluding hydrogens is 316 g/mol. The lowest BCUT2D eigenvalue weighted by atomic mass is 10.1. The van der Waals surface area contributed by atoms with Gasteiger partial charge in [0.1, 0.15) is 12.7 Å². The van der Waals surface area contributed by atoms with Crippen LogP contribution in [0.15, 0.2) is 12.2 Å². The molecule has 0 amide bonds. The molecule has 0 aromatic carbocycles. The molecule has 0 bridgehead atoms. The number of aliphatic hydroxyl groups is 2. The lowest BCUT2D eigenvalue weighted by Crippen LogP contribution is -2.21. The molecule has 0 aromatic rings. The van der Waals surface area contributed by atoms with Crippen LogP contribution in [0.25, 0.3) is 0 Å². The molecule has 0 rings (SSSR count). The van der Waals surface area contributed by atoms with Crippen LogP contribution < -0.4 is 0 Å². The van der Waals surface area contributed by atoms with Crippen LogP contribution in [0.5, 0.6) is 0 Å². The van der Waals surface area contributed by atoms with Crippen molar-refractivity contribution in [3.8, 4) is 0 Å². The van der Waals surface area contributed by atoms with Crippen LogP contribution in [-0.2, 0) is 9.53 Å². The van der Waals surface area contributed by atoms with E-state index in [2.05, 4.69) is 19.1 Å². The number of rotatable bonds is 18. The Balaban J connectivity index is 3.21. The van der Waals surface area contributed by atoms with Crippen molar-refractivity contribution in [1.82, 2.24) is 0 Å². The molecule has 0 fully saturated rings. The molecule has 0 saturated carbocycles. The molecule has 0 aliphatic carbocycles. The second-order valence-corrected chi connectivity index (χ2v) is 6.85. The highest BCUT2D eigenvalue weighted by Gasteiger charge is 2.07. The number of esters is 1. The standard InChI is InChI=1S/C21H40O4/c1-2-3-4-5-6-7-8-9-10-11-12-13-14-15-16-17-21(24)25-19-20(23)18-22/h7-8,20,22-23H,2-6,9-19H2,1H3/b8-7-. The summed E-state index contributed by atoms with van der Waals surface area (Å²) < 4.78 is 4.86. The number of hydrogen-bond acceptors (Lipinski definition) is 4. The molecule has 4 nitrogen and oxygen atoms in total. The molecule has 0 aromatic heterocycles. The fourth-order valence-electron chi connectivity index (χ4n) is 2.65. The van der Waals surface area contributed by atoms with Crippen LogP contribution in [0.1, 0.15) is 96.8 Å². The Morgan fingerprint density at radius 2 is 1.40 bits per heavy atom. The maximum absolute atomic E-state index is 11.4. The van der Waals surface area contributed by atoms with Crippen molar-refractivity contribution in [3.63, 3.8) is 0 Å². The third-order valence-corrected chi connectivity index (χ3v) is 4.29. The summed E-state index contributed by atoms with van der Waals surface area (Å²) in [4.78, 5) is 11.4. The Morgan fingerprint density at radius 3 is 1.96 bits per heavy atom. The van der Waals surface area contributed by atoms with E-state index in [9.17, 15) is 4.79 Å². The first-order valence-corrected chi connectivity index (χ1v) is 10.3. The van der Waals surface area contributed by atoms with Crippen LogP contribution in [-0.4, -0.2) is 35.5 Å². The first kappa shape index (κ1) is 24.1. The second-order valence-electron chi connectivity index (χ2n) is 6.85. The highest BCUT2D eigenvalue weighted by atomic mass is 16.5. The van der Waals surface area contributed by atoms with Crippen LogP contribution in [0, 0.1) is 0 Å². The molecule has 0 spiro atoms. The predicted molar refractivity (Wildman–Crippen MR) is 104 cm³/mol. The van der Waals surface area contributed by atoms with Crippen molar-refractivity contribution in [2.24, 2.45) is 0 Å². The fourth-order valence-corrected chi connectivity index (χ4v) is 2.65. The highest BCUT2D eigenvalue weighted by Crippen LogP contribution is 2.11. The molecule has 0 heterocycles. The molecule has 0 saturated heterocycles. The smallest absolute Gasteiger partial charge is 0.305 e. The summed E-state index contributed by atoms with van der Waals surface area (Å²) in [6.45, 7) is 1.77. The summed E-state index contributed by atoms with van der Waals surface area (Å²) in [5.74, 6) is -0.283. The van der Waals surface area contributed by atoms with E-state index in [4.69, 9.17) is 14.9 Å². The Morgan fingerprint density at radius 1 is 0.880 bits per heavy atom. The van der Waals surface area contributed by atoms with Crippen molar-refractivity contribution < 1.29 is 19.7 Å². The van der Waals surface area contributed by atoms with Gasteiger partial charge in [-0.15, -0.1) is 0 Å². The summed E-state index contributed by atoms with van der Waals surface area (Å²) >= 11 is 0. The maximum Gasteiger partial charge on any atom is 0.305 e. The Hall–Kier alpha value is -0.870. The van der Waals surface area contributed by atoms with Crippen molar-refractivity contribution in [1.29, 1.82) is 0 Å². The van der Waals surface area contributed by atoms with Crippen molar-refractivity contribution >= 4 is 5.97 Å². The molecule has 1 atom stereocenters. The molecule has 4 heteroatoms. The van der Waals surface area contributed by atoms with Gasteiger partial charge in [-0.25, -0.2) is 0 Å². The summed E-state index contributed by atoms with van der Waals surface area (Å²) in [5.41, 5.74) is 0. The molecule has 0 aliphatic rings. The Kier molecular flexibility index (Phi) is 18.8. The SMILES string of the molecule is CCCCCC/C=C\CCCCCCCCCC(=O)OCC(O)CO.